The molecular formula is C6H13O5P. The smallest absolute Gasteiger partial charge is 0.394 e. The first-order valence-corrected chi connectivity index (χ1v) is 4.98. The summed E-state index contributed by atoms with van der Waals surface area (Å²) in [5, 5.41) is 8.61. The summed E-state index contributed by atoms with van der Waals surface area (Å²) in [7, 11) is -4.47. The molecule has 0 radical (unpaired) electrons. The van der Waals surface area contributed by atoms with Gasteiger partial charge in [0.2, 0.25) is 0 Å². The summed E-state index contributed by atoms with van der Waals surface area (Å²) in [4.78, 5) is 16.7. The van der Waals surface area contributed by atoms with Crippen LogP contribution in [0.15, 0.2) is 12.7 Å². The Morgan fingerprint density at radius 3 is 2.50 bits per heavy atom. The maximum Gasteiger partial charge on any atom is 0.469 e. The van der Waals surface area contributed by atoms with Gasteiger partial charge >= 0.3 is 7.82 Å². The van der Waals surface area contributed by atoms with Crippen molar-refractivity contribution in [2.24, 2.45) is 0 Å². The van der Waals surface area contributed by atoms with Gasteiger partial charge in [0.15, 0.2) is 0 Å². The lowest BCUT2D eigenvalue weighted by atomic mass is 10.2. The van der Waals surface area contributed by atoms with Crippen LogP contribution >= 0.6 is 7.82 Å². The molecule has 12 heavy (non-hydrogen) atoms. The van der Waals surface area contributed by atoms with Crippen molar-refractivity contribution in [2.75, 3.05) is 6.61 Å². The monoisotopic (exact) mass is 196 g/mol. The van der Waals surface area contributed by atoms with Gasteiger partial charge in [0.1, 0.15) is 0 Å². The predicted octanol–water partition coefficient (Wildman–Crippen LogP) is 0.423. The largest absolute Gasteiger partial charge is 0.469 e. The van der Waals surface area contributed by atoms with E-state index in [0.717, 1.165) is 0 Å². The van der Waals surface area contributed by atoms with Crippen molar-refractivity contribution in [1.29, 1.82) is 0 Å². The van der Waals surface area contributed by atoms with E-state index in [2.05, 4.69) is 11.1 Å². The third-order valence-electron chi connectivity index (χ3n) is 1.18. The first-order valence-electron chi connectivity index (χ1n) is 3.45. The summed E-state index contributed by atoms with van der Waals surface area (Å²) in [5.41, 5.74) is 0. The normalized spacial score (nSPS) is 14.2. The fraction of sp³-hybridized carbons (Fsp3) is 0.667. The third-order valence-corrected chi connectivity index (χ3v) is 1.76. The van der Waals surface area contributed by atoms with E-state index in [9.17, 15) is 4.57 Å². The van der Waals surface area contributed by atoms with Crippen LogP contribution in [0.4, 0.5) is 0 Å². The van der Waals surface area contributed by atoms with Crippen molar-refractivity contribution >= 4 is 7.82 Å². The molecule has 1 atom stereocenters. The highest BCUT2D eigenvalue weighted by molar-refractivity contribution is 7.46. The molecule has 0 saturated carbocycles. The van der Waals surface area contributed by atoms with E-state index in [-0.39, 0.29) is 0 Å². The standard InChI is InChI=1S/C6H13O5P/c1-2-3-4-6(5-7)11-12(8,9)10/h2,6-7H,1,3-5H2,(H2,8,9,10). The van der Waals surface area contributed by atoms with Gasteiger partial charge in [-0.2, -0.15) is 0 Å². The molecule has 0 aromatic heterocycles. The molecule has 0 aliphatic carbocycles. The van der Waals surface area contributed by atoms with Crippen LogP contribution in [0.3, 0.4) is 0 Å². The molecule has 0 rings (SSSR count). The maximum atomic E-state index is 10.3. The molecular weight excluding hydrogens is 183 g/mol. The summed E-state index contributed by atoms with van der Waals surface area (Å²) in [5.74, 6) is 0. The van der Waals surface area contributed by atoms with Crippen molar-refractivity contribution in [3.05, 3.63) is 12.7 Å². The Morgan fingerprint density at radius 1 is 1.58 bits per heavy atom. The SMILES string of the molecule is C=CCCC(CO)OP(=O)(O)O. The summed E-state index contributed by atoms with van der Waals surface area (Å²) >= 11 is 0. The maximum absolute atomic E-state index is 10.3. The van der Waals surface area contributed by atoms with Gasteiger partial charge in [0, 0.05) is 0 Å². The molecule has 5 nitrogen and oxygen atoms in total. The lowest BCUT2D eigenvalue weighted by Gasteiger charge is -2.14. The van der Waals surface area contributed by atoms with E-state index in [1.54, 1.807) is 6.08 Å². The number of rotatable bonds is 6. The van der Waals surface area contributed by atoms with E-state index in [1.165, 1.54) is 0 Å². The van der Waals surface area contributed by atoms with Crippen LogP contribution in [0.5, 0.6) is 0 Å². The van der Waals surface area contributed by atoms with Crippen molar-refractivity contribution in [1.82, 2.24) is 0 Å². The number of hydrogen-bond acceptors (Lipinski definition) is 3. The molecule has 0 heterocycles. The van der Waals surface area contributed by atoms with Gasteiger partial charge in [-0.1, -0.05) is 6.08 Å². The van der Waals surface area contributed by atoms with Crippen LogP contribution in [-0.4, -0.2) is 27.6 Å². The van der Waals surface area contributed by atoms with Crippen LogP contribution in [0.2, 0.25) is 0 Å². The molecule has 0 fully saturated rings. The van der Waals surface area contributed by atoms with Crippen LogP contribution in [-0.2, 0) is 9.09 Å². The highest BCUT2D eigenvalue weighted by atomic mass is 31.2. The molecule has 0 aliphatic rings. The van der Waals surface area contributed by atoms with Crippen molar-refractivity contribution in [2.45, 2.75) is 18.9 Å². The molecule has 0 aliphatic heterocycles. The Morgan fingerprint density at radius 2 is 2.17 bits per heavy atom. The molecule has 0 amide bonds. The lowest BCUT2D eigenvalue weighted by Crippen LogP contribution is -2.15. The molecule has 3 N–H and O–H groups in total. The first-order chi connectivity index (χ1) is 5.49. The van der Waals surface area contributed by atoms with E-state index >= 15 is 0 Å². The Labute approximate surface area is 70.9 Å². The minimum atomic E-state index is -4.47. The van der Waals surface area contributed by atoms with Gasteiger partial charge < -0.3 is 14.9 Å². The van der Waals surface area contributed by atoms with Gasteiger partial charge in [-0.3, -0.25) is 4.52 Å². The van der Waals surface area contributed by atoms with Crippen LogP contribution in [0.1, 0.15) is 12.8 Å². The van der Waals surface area contributed by atoms with Crippen molar-refractivity contribution < 1.29 is 24.0 Å². The Kier molecular flexibility index (Phi) is 5.37. The number of phosphoric ester groups is 1. The molecule has 0 saturated heterocycles. The highest BCUT2D eigenvalue weighted by Gasteiger charge is 2.20. The van der Waals surface area contributed by atoms with Crippen LogP contribution in [0.25, 0.3) is 0 Å². The molecule has 0 aromatic rings. The van der Waals surface area contributed by atoms with Crippen molar-refractivity contribution in [3.8, 4) is 0 Å². The molecule has 6 heteroatoms. The zero-order chi connectivity index (χ0) is 9.61. The highest BCUT2D eigenvalue weighted by Crippen LogP contribution is 2.38. The van der Waals surface area contributed by atoms with Crippen LogP contribution in [0, 0.1) is 0 Å². The summed E-state index contributed by atoms with van der Waals surface area (Å²) < 4.78 is 14.6. The number of hydrogen-bond donors (Lipinski definition) is 3. The second kappa shape index (κ2) is 5.45. The molecule has 1 unspecified atom stereocenters. The predicted molar refractivity (Wildman–Crippen MR) is 43.4 cm³/mol. The minimum absolute atomic E-state index is 0.352. The van der Waals surface area contributed by atoms with Gasteiger partial charge in [0.05, 0.1) is 12.7 Å². The first kappa shape index (κ1) is 11.8. The zero-order valence-corrected chi connectivity index (χ0v) is 7.48. The number of allylic oxidation sites excluding steroid dienone is 1. The van der Waals surface area contributed by atoms with Gasteiger partial charge in [-0.05, 0) is 12.8 Å². The summed E-state index contributed by atoms with van der Waals surface area (Å²) in [6.45, 7) is 3.03. The van der Waals surface area contributed by atoms with Gasteiger partial charge in [-0.15, -0.1) is 6.58 Å². The number of aliphatic hydroxyl groups is 1. The topological polar surface area (TPSA) is 87.0 Å². The van der Waals surface area contributed by atoms with Crippen LogP contribution < -0.4 is 0 Å². The third kappa shape index (κ3) is 6.52. The van der Waals surface area contributed by atoms with E-state index in [1.807, 2.05) is 0 Å². The zero-order valence-electron chi connectivity index (χ0n) is 6.59. The molecule has 72 valence electrons. The summed E-state index contributed by atoms with van der Waals surface area (Å²) in [6, 6.07) is 0. The molecule has 0 aromatic carbocycles. The number of phosphoric acid groups is 1. The lowest BCUT2D eigenvalue weighted by molar-refractivity contribution is 0.0754. The fourth-order valence-electron chi connectivity index (χ4n) is 0.675. The number of aliphatic hydroxyl groups excluding tert-OH is 1. The minimum Gasteiger partial charge on any atom is -0.394 e. The molecule has 0 spiro atoms. The van der Waals surface area contributed by atoms with Crippen molar-refractivity contribution in [3.63, 3.8) is 0 Å². The van der Waals surface area contributed by atoms with E-state index in [4.69, 9.17) is 14.9 Å². The average Bonchev–Trinajstić information content (AvgIpc) is 1.95. The summed E-state index contributed by atoms with van der Waals surface area (Å²) in [6.07, 6.45) is 1.67. The van der Waals surface area contributed by atoms with Gasteiger partial charge in [0.25, 0.3) is 0 Å². The second-order valence-corrected chi connectivity index (χ2v) is 3.46. The van der Waals surface area contributed by atoms with Gasteiger partial charge in [-0.25, -0.2) is 4.57 Å². The van der Waals surface area contributed by atoms with E-state index in [0.29, 0.717) is 12.8 Å². The Bertz CT molecular complexity index is 175. The second-order valence-electron chi connectivity index (χ2n) is 2.27. The average molecular weight is 196 g/mol. The van der Waals surface area contributed by atoms with E-state index < -0.39 is 20.5 Å². The Hall–Kier alpha value is -0.190. The molecule has 0 bridgehead atoms. The Balaban J connectivity index is 3.83. The fourth-order valence-corrected chi connectivity index (χ4v) is 1.24. The quantitative estimate of drug-likeness (QED) is 0.423.